The van der Waals surface area contributed by atoms with Gasteiger partial charge in [-0.15, -0.1) is 0 Å². The molecule has 0 radical (unpaired) electrons. The van der Waals surface area contributed by atoms with Gasteiger partial charge in [0.2, 0.25) is 17.7 Å². The number of carbonyl (C=O) groups is 4. The van der Waals surface area contributed by atoms with Crippen LogP contribution in [0.2, 0.25) is 0 Å². The number of carbonyl (C=O) groups excluding carboxylic acids is 4. The van der Waals surface area contributed by atoms with Crippen molar-refractivity contribution >= 4 is 23.8 Å². The summed E-state index contributed by atoms with van der Waals surface area (Å²) in [5.41, 5.74) is 2.40. The van der Waals surface area contributed by atoms with Crippen LogP contribution in [0.5, 0.6) is 5.75 Å². The molecule has 54 heavy (non-hydrogen) atoms. The first-order chi connectivity index (χ1) is 25.8. The van der Waals surface area contributed by atoms with E-state index in [0.717, 1.165) is 16.7 Å². The van der Waals surface area contributed by atoms with Crippen molar-refractivity contribution in [3.05, 3.63) is 102 Å². The van der Waals surface area contributed by atoms with Crippen LogP contribution in [0.1, 0.15) is 44.4 Å². The molecule has 294 valence electrons. The predicted octanol–water partition coefficient (Wildman–Crippen LogP) is 3.01. The van der Waals surface area contributed by atoms with E-state index in [1.165, 1.54) is 0 Å². The van der Waals surface area contributed by atoms with Crippen LogP contribution < -0.4 is 31.3 Å². The Balaban J connectivity index is 1.90. The number of methoxy groups -OCH3 is 1. The number of nitrogens with zero attached hydrogens (tertiary/aromatic N) is 1. The second-order valence-corrected chi connectivity index (χ2v) is 14.3. The lowest BCUT2D eigenvalue weighted by Crippen LogP contribution is -2.63. The molecule has 0 fully saturated rings. The van der Waals surface area contributed by atoms with E-state index in [2.05, 4.69) is 26.6 Å². The topological polar surface area (TPSA) is 170 Å². The van der Waals surface area contributed by atoms with E-state index in [1.54, 1.807) is 33.1 Å². The summed E-state index contributed by atoms with van der Waals surface area (Å²) >= 11 is 0. The van der Waals surface area contributed by atoms with E-state index < -0.39 is 48.2 Å². The first kappa shape index (κ1) is 43.4. The Morgan fingerprint density at radius 3 is 1.80 bits per heavy atom. The minimum absolute atomic E-state index is 0.0240. The van der Waals surface area contributed by atoms with Gasteiger partial charge in [-0.25, -0.2) is 4.79 Å². The lowest BCUT2D eigenvalue weighted by Gasteiger charge is -2.33. The van der Waals surface area contributed by atoms with Crippen LogP contribution in [0, 0.1) is 11.8 Å². The van der Waals surface area contributed by atoms with Crippen LogP contribution in [0.4, 0.5) is 4.79 Å². The van der Waals surface area contributed by atoms with Gasteiger partial charge < -0.3 is 40.7 Å². The quantitative estimate of drug-likeness (QED) is 0.0960. The summed E-state index contributed by atoms with van der Waals surface area (Å²) in [6.45, 7) is 8.44. The average molecular weight is 747 g/mol. The fourth-order valence-corrected chi connectivity index (χ4v) is 5.69. The molecule has 13 nitrogen and oxygen atoms in total. The Bertz CT molecular complexity index is 1590. The molecular formula is C41H58N6O7. The molecule has 13 heteroatoms. The number of hydrogen-bond acceptors (Lipinski definition) is 9. The largest absolute Gasteiger partial charge is 0.497 e. The summed E-state index contributed by atoms with van der Waals surface area (Å²) in [7, 11) is 5.37. The second-order valence-electron chi connectivity index (χ2n) is 14.3. The molecule has 0 aliphatic rings. The number of ether oxygens (including phenoxy) is 2. The third kappa shape index (κ3) is 14.4. The van der Waals surface area contributed by atoms with Crippen molar-refractivity contribution in [3.8, 4) is 5.75 Å². The maximum absolute atomic E-state index is 14.2. The van der Waals surface area contributed by atoms with Gasteiger partial charge in [0.25, 0.3) is 0 Å². The van der Waals surface area contributed by atoms with Crippen LogP contribution in [0.15, 0.2) is 84.9 Å². The summed E-state index contributed by atoms with van der Waals surface area (Å²) in [6, 6.07) is 21.5. The smallest absolute Gasteiger partial charge is 0.408 e. The second kappa shape index (κ2) is 22.3. The molecule has 0 aromatic heterocycles. The molecule has 0 bridgehead atoms. The zero-order valence-electron chi connectivity index (χ0n) is 32.5. The molecule has 0 aliphatic carbocycles. The number of nitrogens with one attached hydrogen (secondary N) is 5. The monoisotopic (exact) mass is 746 g/mol. The van der Waals surface area contributed by atoms with Crippen LogP contribution >= 0.6 is 0 Å². The molecule has 0 spiro atoms. The van der Waals surface area contributed by atoms with E-state index in [0.29, 0.717) is 18.8 Å². The van der Waals surface area contributed by atoms with Gasteiger partial charge in [0.15, 0.2) is 0 Å². The van der Waals surface area contributed by atoms with Gasteiger partial charge in [0.1, 0.15) is 30.5 Å². The summed E-state index contributed by atoms with van der Waals surface area (Å²) in [6.07, 6.45) is -2.10. The first-order valence-corrected chi connectivity index (χ1v) is 18.4. The number of likely N-dealkylation sites (N-methyl/N-ethyl adjacent to an activating group) is 1. The normalized spacial score (nSPS) is 14.1. The summed E-state index contributed by atoms with van der Waals surface area (Å²) in [4.78, 5) is 56.2. The van der Waals surface area contributed by atoms with Gasteiger partial charge in [0.05, 0.1) is 19.3 Å². The van der Waals surface area contributed by atoms with Crippen LogP contribution in [-0.4, -0.2) is 98.4 Å². The zero-order valence-corrected chi connectivity index (χ0v) is 32.5. The van der Waals surface area contributed by atoms with E-state index in [9.17, 15) is 24.3 Å². The highest BCUT2D eigenvalue weighted by Gasteiger charge is 2.38. The highest BCUT2D eigenvalue weighted by molar-refractivity contribution is 5.90. The molecular weight excluding hydrogens is 688 g/mol. The number of aliphatic hydroxyl groups is 1. The maximum Gasteiger partial charge on any atom is 0.408 e. The number of rotatable bonds is 21. The lowest BCUT2D eigenvalue weighted by atomic mass is 9.93. The highest BCUT2D eigenvalue weighted by atomic mass is 16.5. The maximum atomic E-state index is 14.2. The Kier molecular flexibility index (Phi) is 17.9. The van der Waals surface area contributed by atoms with Gasteiger partial charge in [-0.2, -0.15) is 0 Å². The van der Waals surface area contributed by atoms with Gasteiger partial charge in [-0.3, -0.25) is 19.7 Å². The van der Waals surface area contributed by atoms with Crippen molar-refractivity contribution < 1.29 is 33.8 Å². The molecule has 0 saturated heterocycles. The Hall–Kier alpha value is -4.98. The van der Waals surface area contributed by atoms with Crippen molar-refractivity contribution in [3.63, 3.8) is 0 Å². The van der Waals surface area contributed by atoms with Gasteiger partial charge >= 0.3 is 6.09 Å². The van der Waals surface area contributed by atoms with Gasteiger partial charge in [0, 0.05) is 19.6 Å². The molecule has 3 aromatic rings. The Morgan fingerprint density at radius 1 is 0.685 bits per heavy atom. The third-order valence-corrected chi connectivity index (χ3v) is 8.89. The molecule has 3 aromatic carbocycles. The van der Waals surface area contributed by atoms with Crippen LogP contribution in [-0.2, 0) is 38.7 Å². The van der Waals surface area contributed by atoms with Crippen molar-refractivity contribution in [2.75, 3.05) is 34.3 Å². The number of hydrogen-bond donors (Lipinski definition) is 6. The number of amides is 4. The fraction of sp³-hybridized carbons (Fsp3) is 0.463. The molecule has 3 rings (SSSR count). The fourth-order valence-electron chi connectivity index (χ4n) is 5.69. The van der Waals surface area contributed by atoms with E-state index >= 15 is 0 Å². The molecule has 5 atom stereocenters. The van der Waals surface area contributed by atoms with E-state index in [4.69, 9.17) is 9.47 Å². The summed E-state index contributed by atoms with van der Waals surface area (Å²) in [5.74, 6) is -1.48. The molecule has 0 saturated carbocycles. The Morgan fingerprint density at radius 2 is 1.24 bits per heavy atom. The van der Waals surface area contributed by atoms with Gasteiger partial charge in [-0.05, 0) is 61.2 Å². The molecule has 0 heterocycles. The van der Waals surface area contributed by atoms with Crippen molar-refractivity contribution in [1.29, 1.82) is 0 Å². The molecule has 4 amide bonds. The minimum atomic E-state index is -1.49. The third-order valence-electron chi connectivity index (χ3n) is 8.89. The number of benzene rings is 3. The van der Waals surface area contributed by atoms with E-state index in [1.807, 2.05) is 106 Å². The Labute approximate surface area is 319 Å². The summed E-state index contributed by atoms with van der Waals surface area (Å²) < 4.78 is 10.7. The van der Waals surface area contributed by atoms with E-state index in [-0.39, 0.29) is 37.3 Å². The van der Waals surface area contributed by atoms with Crippen LogP contribution in [0.3, 0.4) is 0 Å². The standard InChI is InChI=1S/C41H58N6O7/c1-27(2)34(38(49)42-22-23-47(5)6)45-40(51)36(43-25-30-18-20-32(53-7)21-19-30)37(48)33(24-29-14-10-8-11-15-29)44-39(50)35(28(3)4)46-41(52)54-26-31-16-12-9-13-17-31/h8-21,27-28,33-37,43,48H,22-26H2,1-7H3,(H,42,49)(H,44,50)(H,45,51)(H,46,52)/t33-,34-,35-,36+,37-/m0/s1. The predicted molar refractivity (Wildman–Crippen MR) is 208 cm³/mol. The molecule has 0 aliphatic heterocycles. The molecule has 6 N–H and O–H groups in total. The SMILES string of the molecule is COc1ccc(CN[C@@H](C(=O)N[C@H](C(=O)NCCN(C)C)C(C)C)[C@@H](O)[C@H](Cc2ccccc2)NC(=O)[C@@H](NC(=O)OCc2ccccc2)C(C)C)cc1. The average Bonchev–Trinajstić information content (AvgIpc) is 3.15. The zero-order chi connectivity index (χ0) is 39.6. The number of alkyl carbamates (subject to hydrolysis) is 1. The van der Waals surface area contributed by atoms with Crippen molar-refractivity contribution in [2.45, 2.75) is 77.5 Å². The highest BCUT2D eigenvalue weighted by Crippen LogP contribution is 2.15. The van der Waals surface area contributed by atoms with Crippen molar-refractivity contribution in [1.82, 2.24) is 31.5 Å². The minimum Gasteiger partial charge on any atom is -0.497 e. The number of aliphatic hydroxyl groups excluding tert-OH is 1. The summed E-state index contributed by atoms with van der Waals surface area (Å²) in [5, 5.41) is 26.7. The first-order valence-electron chi connectivity index (χ1n) is 18.4. The molecule has 0 unspecified atom stereocenters. The lowest BCUT2D eigenvalue weighted by molar-refractivity contribution is -0.134. The van der Waals surface area contributed by atoms with Gasteiger partial charge in [-0.1, -0.05) is 100 Å². The van der Waals surface area contributed by atoms with Crippen LogP contribution in [0.25, 0.3) is 0 Å². The van der Waals surface area contributed by atoms with Crippen molar-refractivity contribution in [2.24, 2.45) is 11.8 Å².